The second-order valence-corrected chi connectivity index (χ2v) is 7.30. The number of methoxy groups -OCH3 is 1. The fourth-order valence-electron chi connectivity index (χ4n) is 3.14. The number of fused-ring (bicyclic) bond motifs is 1. The van der Waals surface area contributed by atoms with Crippen LogP contribution in [0.5, 0.6) is 5.75 Å². The molecule has 0 fully saturated rings. The Morgan fingerprint density at radius 3 is 2.59 bits per heavy atom. The predicted octanol–water partition coefficient (Wildman–Crippen LogP) is 5.17. The molecule has 6 heteroatoms. The highest BCUT2D eigenvalue weighted by atomic mass is 79.9. The summed E-state index contributed by atoms with van der Waals surface area (Å²) in [4.78, 5) is 12.7. The largest absolute Gasteiger partial charge is 0.496 e. The molecule has 0 bridgehead atoms. The van der Waals surface area contributed by atoms with Crippen molar-refractivity contribution in [2.75, 3.05) is 7.11 Å². The van der Waals surface area contributed by atoms with Crippen LogP contribution in [0.2, 0.25) is 0 Å². The topological polar surface area (TPSA) is 55.6 Å². The Morgan fingerprint density at radius 2 is 1.83 bits per heavy atom. The van der Waals surface area contributed by atoms with Crippen molar-refractivity contribution in [2.45, 2.75) is 0 Å². The molecule has 3 aromatic carbocycles. The van der Waals surface area contributed by atoms with Crippen LogP contribution in [0.1, 0.15) is 16.1 Å². The van der Waals surface area contributed by atoms with E-state index in [9.17, 15) is 4.79 Å². The van der Waals surface area contributed by atoms with Crippen molar-refractivity contribution in [1.82, 2.24) is 9.99 Å². The summed E-state index contributed by atoms with van der Waals surface area (Å²) in [5.41, 5.74) is 4.87. The summed E-state index contributed by atoms with van der Waals surface area (Å²) in [5, 5.41) is 6.12. The second kappa shape index (κ2) is 8.32. The van der Waals surface area contributed by atoms with Crippen molar-refractivity contribution in [1.29, 1.82) is 0 Å². The third kappa shape index (κ3) is 4.07. The van der Waals surface area contributed by atoms with Crippen molar-refractivity contribution in [2.24, 2.45) is 5.10 Å². The Hall–Kier alpha value is -3.38. The van der Waals surface area contributed by atoms with Gasteiger partial charge in [0.15, 0.2) is 0 Å². The minimum absolute atomic E-state index is 0.329. The molecule has 4 aromatic rings. The molecule has 1 heterocycles. The van der Waals surface area contributed by atoms with E-state index in [-0.39, 0.29) is 5.91 Å². The SMILES string of the molecule is COc1cc2ccccc2cc1C(=O)NN=Cc1cccn1-c1cccc(Br)c1. The number of ether oxygens (including phenoxy) is 1. The monoisotopic (exact) mass is 447 g/mol. The van der Waals surface area contributed by atoms with Crippen LogP contribution >= 0.6 is 15.9 Å². The third-order valence-electron chi connectivity index (χ3n) is 4.54. The Labute approximate surface area is 176 Å². The lowest BCUT2D eigenvalue weighted by molar-refractivity contribution is 0.0952. The Balaban J connectivity index is 1.56. The van der Waals surface area contributed by atoms with Crippen LogP contribution in [0.25, 0.3) is 16.5 Å². The van der Waals surface area contributed by atoms with Crippen LogP contribution in [-0.2, 0) is 0 Å². The summed E-state index contributed by atoms with van der Waals surface area (Å²) in [6.07, 6.45) is 3.56. The molecule has 0 saturated carbocycles. The van der Waals surface area contributed by atoms with Gasteiger partial charge in [-0.3, -0.25) is 4.79 Å². The number of hydrogen-bond acceptors (Lipinski definition) is 3. The van der Waals surface area contributed by atoms with Gasteiger partial charge in [0.1, 0.15) is 5.75 Å². The van der Waals surface area contributed by atoms with Crippen molar-refractivity contribution in [3.63, 3.8) is 0 Å². The molecule has 1 N–H and O–H groups in total. The molecular formula is C23H18BrN3O2. The van der Waals surface area contributed by atoms with E-state index in [2.05, 4.69) is 26.5 Å². The number of carbonyl (C=O) groups excluding carboxylic acids is 1. The highest BCUT2D eigenvalue weighted by molar-refractivity contribution is 9.10. The third-order valence-corrected chi connectivity index (χ3v) is 5.04. The van der Waals surface area contributed by atoms with Crippen LogP contribution in [0.4, 0.5) is 0 Å². The summed E-state index contributed by atoms with van der Waals surface area (Å²) in [6.45, 7) is 0. The molecule has 0 unspecified atom stereocenters. The lowest BCUT2D eigenvalue weighted by Crippen LogP contribution is -2.18. The van der Waals surface area contributed by atoms with Gasteiger partial charge in [-0.15, -0.1) is 0 Å². The van der Waals surface area contributed by atoms with E-state index in [1.807, 2.05) is 83.6 Å². The van der Waals surface area contributed by atoms with Gasteiger partial charge in [0, 0.05) is 16.4 Å². The van der Waals surface area contributed by atoms with Crippen molar-refractivity contribution in [3.05, 3.63) is 94.7 Å². The van der Waals surface area contributed by atoms with E-state index in [0.29, 0.717) is 11.3 Å². The van der Waals surface area contributed by atoms with Gasteiger partial charge in [-0.2, -0.15) is 5.10 Å². The molecule has 144 valence electrons. The summed E-state index contributed by atoms with van der Waals surface area (Å²) in [5.74, 6) is 0.179. The first-order chi connectivity index (χ1) is 14.2. The maximum absolute atomic E-state index is 12.7. The number of halogens is 1. The molecule has 0 spiro atoms. The van der Waals surface area contributed by atoms with Crippen LogP contribution in [-0.4, -0.2) is 23.8 Å². The van der Waals surface area contributed by atoms with Crippen LogP contribution in [0.3, 0.4) is 0 Å². The highest BCUT2D eigenvalue weighted by Crippen LogP contribution is 2.26. The Kier molecular flexibility index (Phi) is 5.44. The van der Waals surface area contributed by atoms with Crippen molar-refractivity contribution < 1.29 is 9.53 Å². The first-order valence-corrected chi connectivity index (χ1v) is 9.78. The normalized spacial score (nSPS) is 11.1. The van der Waals surface area contributed by atoms with Gasteiger partial charge in [0.05, 0.1) is 24.6 Å². The smallest absolute Gasteiger partial charge is 0.275 e. The fraction of sp³-hybridized carbons (Fsp3) is 0.0435. The van der Waals surface area contributed by atoms with E-state index >= 15 is 0 Å². The number of hydrazone groups is 1. The van der Waals surface area contributed by atoms with Gasteiger partial charge in [0.25, 0.3) is 5.91 Å². The summed E-state index contributed by atoms with van der Waals surface area (Å²) in [6, 6.07) is 23.3. The van der Waals surface area contributed by atoms with Gasteiger partial charge in [-0.25, -0.2) is 5.43 Å². The number of rotatable bonds is 5. The second-order valence-electron chi connectivity index (χ2n) is 6.38. The average Bonchev–Trinajstić information content (AvgIpc) is 3.21. The van der Waals surface area contributed by atoms with Gasteiger partial charge in [-0.1, -0.05) is 46.3 Å². The zero-order valence-electron chi connectivity index (χ0n) is 15.7. The summed E-state index contributed by atoms with van der Waals surface area (Å²) < 4.78 is 8.37. The molecule has 0 saturated heterocycles. The van der Waals surface area contributed by atoms with Crippen LogP contribution < -0.4 is 10.2 Å². The number of hydrogen-bond donors (Lipinski definition) is 1. The zero-order valence-corrected chi connectivity index (χ0v) is 17.3. The van der Waals surface area contributed by atoms with Gasteiger partial charge in [-0.05, 0) is 53.2 Å². The number of carbonyl (C=O) groups is 1. The summed E-state index contributed by atoms with van der Waals surface area (Å²) >= 11 is 3.48. The van der Waals surface area contributed by atoms with E-state index in [1.54, 1.807) is 13.3 Å². The lowest BCUT2D eigenvalue weighted by atomic mass is 10.1. The lowest BCUT2D eigenvalue weighted by Gasteiger charge is -2.09. The number of nitrogens with zero attached hydrogens (tertiary/aromatic N) is 2. The van der Waals surface area contributed by atoms with E-state index < -0.39 is 0 Å². The minimum Gasteiger partial charge on any atom is -0.496 e. The molecular weight excluding hydrogens is 430 g/mol. The standard InChI is InChI=1S/C23H18BrN3O2/c1-29-22-13-17-7-3-2-6-16(17)12-21(22)23(28)26-25-15-20-10-5-11-27(20)19-9-4-8-18(24)14-19/h2-15H,1H3,(H,26,28). The quantitative estimate of drug-likeness (QED) is 0.339. The molecule has 0 atom stereocenters. The van der Waals surface area contributed by atoms with Crippen LogP contribution in [0.15, 0.2) is 88.6 Å². The molecule has 29 heavy (non-hydrogen) atoms. The van der Waals surface area contributed by atoms with Crippen LogP contribution in [0, 0.1) is 0 Å². The highest BCUT2D eigenvalue weighted by Gasteiger charge is 2.13. The first kappa shape index (κ1) is 19.0. The Bertz CT molecular complexity index is 1210. The molecule has 0 radical (unpaired) electrons. The zero-order chi connectivity index (χ0) is 20.2. The molecule has 5 nitrogen and oxygen atoms in total. The average molecular weight is 448 g/mol. The molecule has 1 aromatic heterocycles. The molecule has 4 rings (SSSR count). The predicted molar refractivity (Wildman–Crippen MR) is 119 cm³/mol. The van der Waals surface area contributed by atoms with Gasteiger partial charge >= 0.3 is 0 Å². The van der Waals surface area contributed by atoms with E-state index in [1.165, 1.54) is 0 Å². The molecule has 1 amide bonds. The van der Waals surface area contributed by atoms with E-state index in [4.69, 9.17) is 4.74 Å². The minimum atomic E-state index is -0.329. The maximum atomic E-state index is 12.7. The van der Waals surface area contributed by atoms with Crippen molar-refractivity contribution in [3.8, 4) is 11.4 Å². The Morgan fingerprint density at radius 1 is 1.03 bits per heavy atom. The van der Waals surface area contributed by atoms with Gasteiger partial charge in [0.2, 0.25) is 0 Å². The first-order valence-electron chi connectivity index (χ1n) is 8.99. The number of aromatic nitrogens is 1. The maximum Gasteiger partial charge on any atom is 0.275 e. The number of amides is 1. The van der Waals surface area contributed by atoms with Crippen molar-refractivity contribution >= 4 is 38.8 Å². The number of nitrogens with one attached hydrogen (secondary N) is 1. The molecule has 0 aliphatic carbocycles. The number of benzene rings is 3. The van der Waals surface area contributed by atoms with Gasteiger partial charge < -0.3 is 9.30 Å². The molecule has 0 aliphatic heterocycles. The van der Waals surface area contributed by atoms with E-state index in [0.717, 1.165) is 26.6 Å². The molecule has 0 aliphatic rings. The summed E-state index contributed by atoms with van der Waals surface area (Å²) in [7, 11) is 1.55. The fourth-order valence-corrected chi connectivity index (χ4v) is 3.53.